The maximum atomic E-state index is 14.7. The van der Waals surface area contributed by atoms with Crippen molar-refractivity contribution in [3.8, 4) is 11.4 Å². The van der Waals surface area contributed by atoms with E-state index in [1.165, 1.54) is 11.3 Å². The van der Waals surface area contributed by atoms with E-state index in [-0.39, 0.29) is 17.7 Å². The standard InChI is InChI=1S/C39H32BrN3O4S/c1-5-47-38(45)34-35(26-12-7-6-8-13-26)41-39-43(36(34)33-30-14-10-9-11-25(30)15-20-31(33)46-4)37(44)32(48-39)22-27-21-23(2)42(24(27)3)29-18-16-28(40)17-19-29/h6-22,36H,5H2,1-4H3/t36-/m0/s1. The zero-order chi connectivity index (χ0) is 33.5. The number of esters is 1. The van der Waals surface area contributed by atoms with Gasteiger partial charge in [0.1, 0.15) is 11.8 Å². The van der Waals surface area contributed by atoms with Crippen LogP contribution in [0, 0.1) is 13.8 Å². The average molecular weight is 719 g/mol. The first kappa shape index (κ1) is 31.6. The Balaban J connectivity index is 1.54. The van der Waals surface area contributed by atoms with Gasteiger partial charge in [-0.1, -0.05) is 87.9 Å². The molecular weight excluding hydrogens is 686 g/mol. The first-order valence-corrected chi connectivity index (χ1v) is 17.2. The Morgan fingerprint density at radius 1 is 0.979 bits per heavy atom. The highest BCUT2D eigenvalue weighted by atomic mass is 79.9. The molecule has 9 heteroatoms. The van der Waals surface area contributed by atoms with Crippen molar-refractivity contribution in [3.63, 3.8) is 0 Å². The number of rotatable bonds is 7. The lowest BCUT2D eigenvalue weighted by Gasteiger charge is -2.28. The molecule has 3 heterocycles. The molecule has 0 bridgehead atoms. The van der Waals surface area contributed by atoms with Crippen LogP contribution in [0.3, 0.4) is 0 Å². The van der Waals surface area contributed by atoms with E-state index < -0.39 is 12.0 Å². The summed E-state index contributed by atoms with van der Waals surface area (Å²) in [5.74, 6) is 0.0230. The zero-order valence-electron chi connectivity index (χ0n) is 26.9. The lowest BCUT2D eigenvalue weighted by Crippen LogP contribution is -2.40. The third-order valence-corrected chi connectivity index (χ3v) is 10.2. The largest absolute Gasteiger partial charge is 0.496 e. The van der Waals surface area contributed by atoms with Crippen molar-refractivity contribution in [2.24, 2.45) is 4.99 Å². The van der Waals surface area contributed by atoms with Gasteiger partial charge < -0.3 is 14.0 Å². The van der Waals surface area contributed by atoms with Crippen LogP contribution in [0.1, 0.15) is 41.0 Å². The van der Waals surface area contributed by atoms with Gasteiger partial charge in [0.25, 0.3) is 5.56 Å². The van der Waals surface area contributed by atoms with Gasteiger partial charge in [-0.15, -0.1) is 0 Å². The monoisotopic (exact) mass is 717 g/mol. The highest BCUT2D eigenvalue weighted by molar-refractivity contribution is 9.10. The fourth-order valence-electron chi connectivity index (χ4n) is 6.51. The Bertz CT molecular complexity index is 2420. The maximum absolute atomic E-state index is 14.7. The fourth-order valence-corrected chi connectivity index (χ4v) is 7.77. The van der Waals surface area contributed by atoms with Crippen molar-refractivity contribution in [2.75, 3.05) is 13.7 Å². The third-order valence-electron chi connectivity index (χ3n) is 8.64. The second-order valence-corrected chi connectivity index (χ2v) is 13.4. The minimum atomic E-state index is -0.867. The number of benzene rings is 4. The van der Waals surface area contributed by atoms with E-state index in [0.717, 1.165) is 43.4 Å². The van der Waals surface area contributed by atoms with Crippen LogP contribution < -0.4 is 19.6 Å². The quantitative estimate of drug-likeness (QED) is 0.163. The van der Waals surface area contributed by atoms with Crippen molar-refractivity contribution in [3.05, 3.63) is 155 Å². The SMILES string of the molecule is CCOC(=O)C1=C(c2ccccc2)N=c2sc(=Cc3cc(C)n(-c4ccc(Br)cc4)c3C)c(=O)n2[C@H]1c1c(OC)ccc2ccccc12. The fraction of sp³-hybridized carbons (Fsp3) is 0.154. The van der Waals surface area contributed by atoms with Crippen molar-refractivity contribution < 1.29 is 14.3 Å². The molecule has 0 radical (unpaired) electrons. The van der Waals surface area contributed by atoms with Gasteiger partial charge in [0.15, 0.2) is 4.80 Å². The molecule has 0 aliphatic carbocycles. The van der Waals surface area contributed by atoms with E-state index in [0.29, 0.717) is 26.3 Å². The predicted molar refractivity (Wildman–Crippen MR) is 195 cm³/mol. The smallest absolute Gasteiger partial charge is 0.338 e. The number of halogens is 1. The predicted octanol–water partition coefficient (Wildman–Crippen LogP) is 7.27. The van der Waals surface area contributed by atoms with E-state index in [4.69, 9.17) is 14.5 Å². The van der Waals surface area contributed by atoms with Gasteiger partial charge in [0.05, 0.1) is 29.5 Å². The molecule has 48 heavy (non-hydrogen) atoms. The number of aromatic nitrogens is 2. The van der Waals surface area contributed by atoms with Crippen molar-refractivity contribution in [2.45, 2.75) is 26.8 Å². The number of fused-ring (bicyclic) bond motifs is 2. The molecule has 1 aliphatic heterocycles. The summed E-state index contributed by atoms with van der Waals surface area (Å²) < 4.78 is 16.9. The number of methoxy groups -OCH3 is 1. The molecule has 2 aromatic heterocycles. The Morgan fingerprint density at radius 2 is 1.71 bits per heavy atom. The number of nitrogens with zero attached hydrogens (tertiary/aromatic N) is 3. The van der Waals surface area contributed by atoms with Crippen LogP contribution in [0.2, 0.25) is 0 Å². The maximum Gasteiger partial charge on any atom is 0.338 e. The second kappa shape index (κ2) is 12.9. The number of carbonyl (C=O) groups is 1. The molecule has 6 aromatic rings. The normalized spacial score (nSPS) is 14.6. The van der Waals surface area contributed by atoms with Crippen LogP contribution >= 0.6 is 27.3 Å². The van der Waals surface area contributed by atoms with Crippen molar-refractivity contribution in [1.82, 2.24) is 9.13 Å². The van der Waals surface area contributed by atoms with Gasteiger partial charge in [0.2, 0.25) is 0 Å². The molecule has 0 spiro atoms. The number of ether oxygens (including phenoxy) is 2. The molecule has 4 aromatic carbocycles. The Morgan fingerprint density at radius 3 is 2.44 bits per heavy atom. The molecule has 7 nitrogen and oxygen atoms in total. The lowest BCUT2D eigenvalue weighted by atomic mass is 9.89. The molecule has 1 aliphatic rings. The van der Waals surface area contributed by atoms with Crippen LogP contribution in [-0.2, 0) is 9.53 Å². The number of thiazole rings is 1. The molecule has 0 fully saturated rings. The minimum Gasteiger partial charge on any atom is -0.496 e. The summed E-state index contributed by atoms with van der Waals surface area (Å²) in [5.41, 5.74) is 5.95. The number of hydrogen-bond donors (Lipinski definition) is 0. The molecule has 240 valence electrons. The van der Waals surface area contributed by atoms with Gasteiger partial charge in [-0.05, 0) is 79.6 Å². The van der Waals surface area contributed by atoms with Gasteiger partial charge in [-0.25, -0.2) is 9.79 Å². The topological polar surface area (TPSA) is 74.8 Å². The summed E-state index contributed by atoms with van der Waals surface area (Å²) in [6, 6.07) is 30.7. The van der Waals surface area contributed by atoms with Crippen LogP contribution in [0.5, 0.6) is 5.75 Å². The second-order valence-electron chi connectivity index (χ2n) is 11.5. The Labute approximate surface area is 289 Å². The average Bonchev–Trinajstić information content (AvgIpc) is 3.57. The number of aryl methyl sites for hydroxylation is 1. The molecule has 0 N–H and O–H groups in total. The summed E-state index contributed by atoms with van der Waals surface area (Å²) in [5, 5.41) is 1.82. The van der Waals surface area contributed by atoms with Gasteiger partial charge >= 0.3 is 5.97 Å². The molecule has 1 atom stereocenters. The zero-order valence-corrected chi connectivity index (χ0v) is 29.3. The highest BCUT2D eigenvalue weighted by Gasteiger charge is 2.37. The van der Waals surface area contributed by atoms with Gasteiger partial charge in [0, 0.05) is 32.7 Å². The molecule has 7 rings (SSSR count). The van der Waals surface area contributed by atoms with Crippen LogP contribution in [0.4, 0.5) is 0 Å². The van der Waals surface area contributed by atoms with E-state index in [1.54, 1.807) is 18.6 Å². The van der Waals surface area contributed by atoms with E-state index in [1.807, 2.05) is 91.9 Å². The Hall–Kier alpha value is -4.99. The third kappa shape index (κ3) is 5.42. The molecular formula is C39H32BrN3O4S. The summed E-state index contributed by atoms with van der Waals surface area (Å²) in [7, 11) is 1.60. The van der Waals surface area contributed by atoms with Crippen LogP contribution in [-0.4, -0.2) is 28.8 Å². The molecule has 0 unspecified atom stereocenters. The first-order valence-electron chi connectivity index (χ1n) is 15.6. The lowest BCUT2D eigenvalue weighted by molar-refractivity contribution is -0.138. The minimum absolute atomic E-state index is 0.169. The summed E-state index contributed by atoms with van der Waals surface area (Å²) in [6.45, 7) is 6.04. The van der Waals surface area contributed by atoms with Gasteiger partial charge in [-0.2, -0.15) is 0 Å². The van der Waals surface area contributed by atoms with Crippen LogP contribution in [0.15, 0.2) is 117 Å². The van der Waals surface area contributed by atoms with Crippen LogP contribution in [0.25, 0.3) is 28.2 Å². The van der Waals surface area contributed by atoms with Crippen molar-refractivity contribution >= 4 is 55.8 Å². The van der Waals surface area contributed by atoms with E-state index >= 15 is 0 Å². The van der Waals surface area contributed by atoms with Gasteiger partial charge in [-0.3, -0.25) is 9.36 Å². The van der Waals surface area contributed by atoms with Crippen molar-refractivity contribution in [1.29, 1.82) is 0 Å². The molecule has 0 amide bonds. The number of hydrogen-bond acceptors (Lipinski definition) is 6. The van der Waals surface area contributed by atoms with E-state index in [9.17, 15) is 9.59 Å². The Kier molecular flexibility index (Phi) is 8.49. The summed E-state index contributed by atoms with van der Waals surface area (Å²) in [4.78, 5) is 34.2. The molecule has 0 saturated heterocycles. The molecule has 0 saturated carbocycles. The number of carbonyl (C=O) groups excluding carboxylic acids is 1. The van der Waals surface area contributed by atoms with E-state index in [2.05, 4.69) is 45.6 Å². The first-order chi connectivity index (χ1) is 23.3. The highest BCUT2D eigenvalue weighted by Crippen LogP contribution is 2.42. The summed E-state index contributed by atoms with van der Waals surface area (Å²) >= 11 is 4.83. The summed E-state index contributed by atoms with van der Waals surface area (Å²) in [6.07, 6.45) is 1.93.